The monoisotopic (exact) mass is 359 g/mol. The van der Waals surface area contributed by atoms with Crippen LogP contribution in [0, 0.1) is 10.1 Å². The van der Waals surface area contributed by atoms with Crippen LogP contribution in [0.5, 0.6) is 0 Å². The number of nitrogens with zero attached hydrogens (tertiary/aromatic N) is 3. The van der Waals surface area contributed by atoms with Crippen LogP contribution in [0.4, 0.5) is 11.4 Å². The number of benzene rings is 2. The highest BCUT2D eigenvalue weighted by Crippen LogP contribution is 2.36. The number of halogens is 1. The highest BCUT2D eigenvalue weighted by atomic mass is 35.5. The Balaban J connectivity index is 1.81. The molecule has 2 aromatic carbocycles. The highest BCUT2D eigenvalue weighted by molar-refractivity contribution is 6.33. The number of hydrogen-bond donors (Lipinski definition) is 0. The molecule has 0 saturated carbocycles. The van der Waals surface area contributed by atoms with Gasteiger partial charge in [0, 0.05) is 37.3 Å². The Morgan fingerprint density at radius 3 is 2.52 bits per heavy atom. The molecular weight excluding hydrogens is 342 g/mol. The third kappa shape index (κ3) is 3.44. The van der Waals surface area contributed by atoms with Gasteiger partial charge in [0.05, 0.1) is 9.95 Å². The van der Waals surface area contributed by atoms with E-state index >= 15 is 0 Å². The Kier molecular flexibility index (Phi) is 4.90. The van der Waals surface area contributed by atoms with Gasteiger partial charge >= 0.3 is 0 Å². The fourth-order valence-electron chi connectivity index (χ4n) is 3.17. The number of carbonyl (C=O) groups excluding carboxylic acids is 1. The minimum atomic E-state index is -0.423. The molecular formula is C18H18ClN3O3. The van der Waals surface area contributed by atoms with Gasteiger partial charge in [0.1, 0.15) is 5.69 Å². The maximum Gasteiger partial charge on any atom is 0.294 e. The van der Waals surface area contributed by atoms with E-state index in [0.717, 1.165) is 0 Å². The van der Waals surface area contributed by atoms with E-state index in [0.29, 0.717) is 35.9 Å². The van der Waals surface area contributed by atoms with Crippen molar-refractivity contribution >= 4 is 28.9 Å². The lowest BCUT2D eigenvalue weighted by Crippen LogP contribution is -2.54. The van der Waals surface area contributed by atoms with Gasteiger partial charge in [0.25, 0.3) is 11.6 Å². The van der Waals surface area contributed by atoms with Crippen molar-refractivity contribution in [1.82, 2.24) is 4.90 Å². The number of para-hydroxylation sites is 1. The van der Waals surface area contributed by atoms with Crippen molar-refractivity contribution in [3.05, 3.63) is 69.2 Å². The van der Waals surface area contributed by atoms with Crippen LogP contribution in [0.1, 0.15) is 17.3 Å². The third-order valence-corrected chi connectivity index (χ3v) is 4.69. The van der Waals surface area contributed by atoms with Gasteiger partial charge in [-0.15, -0.1) is 0 Å². The molecule has 0 spiro atoms. The van der Waals surface area contributed by atoms with Gasteiger partial charge < -0.3 is 9.80 Å². The molecule has 0 aromatic heterocycles. The van der Waals surface area contributed by atoms with E-state index in [9.17, 15) is 14.9 Å². The maximum atomic E-state index is 12.7. The van der Waals surface area contributed by atoms with Crippen molar-refractivity contribution < 1.29 is 9.72 Å². The molecule has 1 aliphatic heterocycles. The Morgan fingerprint density at radius 1 is 1.16 bits per heavy atom. The molecule has 0 aliphatic carbocycles. The van der Waals surface area contributed by atoms with Crippen molar-refractivity contribution in [1.29, 1.82) is 0 Å². The predicted octanol–water partition coefficient (Wildman–Crippen LogP) is 3.60. The van der Waals surface area contributed by atoms with Crippen LogP contribution in [0.25, 0.3) is 0 Å². The minimum absolute atomic E-state index is 0.0115. The smallest absolute Gasteiger partial charge is 0.294 e. The van der Waals surface area contributed by atoms with E-state index in [2.05, 4.69) is 0 Å². The van der Waals surface area contributed by atoms with Gasteiger partial charge in [-0.25, -0.2) is 0 Å². The first-order valence-corrected chi connectivity index (χ1v) is 8.40. The highest BCUT2D eigenvalue weighted by Gasteiger charge is 2.32. The molecule has 7 heteroatoms. The largest absolute Gasteiger partial charge is 0.361 e. The van der Waals surface area contributed by atoms with Crippen LogP contribution < -0.4 is 4.90 Å². The zero-order valence-electron chi connectivity index (χ0n) is 13.8. The summed E-state index contributed by atoms with van der Waals surface area (Å²) in [4.78, 5) is 27.2. The molecule has 1 heterocycles. The zero-order valence-corrected chi connectivity index (χ0v) is 14.5. The number of amides is 1. The Hall–Kier alpha value is -2.60. The Morgan fingerprint density at radius 2 is 1.88 bits per heavy atom. The van der Waals surface area contributed by atoms with Crippen molar-refractivity contribution in [2.75, 3.05) is 24.5 Å². The molecule has 1 saturated heterocycles. The molecule has 130 valence electrons. The number of nitro groups is 1. The van der Waals surface area contributed by atoms with Crippen molar-refractivity contribution in [3.8, 4) is 0 Å². The summed E-state index contributed by atoms with van der Waals surface area (Å²) in [5.41, 5.74) is 1.06. The van der Waals surface area contributed by atoms with Crippen LogP contribution in [-0.2, 0) is 0 Å². The summed E-state index contributed by atoms with van der Waals surface area (Å²) in [6.07, 6.45) is 0. The molecule has 1 atom stereocenters. The lowest BCUT2D eigenvalue weighted by molar-refractivity contribution is -0.384. The summed E-state index contributed by atoms with van der Waals surface area (Å²) in [6.45, 7) is 3.41. The Labute approximate surface area is 150 Å². The maximum absolute atomic E-state index is 12.7. The second-order valence-corrected chi connectivity index (χ2v) is 6.43. The molecule has 2 aromatic rings. The number of anilines is 1. The van der Waals surface area contributed by atoms with Crippen molar-refractivity contribution in [3.63, 3.8) is 0 Å². The average Bonchev–Trinajstić information content (AvgIpc) is 2.61. The molecule has 6 nitrogen and oxygen atoms in total. The van der Waals surface area contributed by atoms with Gasteiger partial charge in [-0.05, 0) is 25.1 Å². The summed E-state index contributed by atoms with van der Waals surface area (Å²) in [6, 6.07) is 13.7. The lowest BCUT2D eigenvalue weighted by atomic mass is 10.1. The van der Waals surface area contributed by atoms with Gasteiger partial charge in [-0.2, -0.15) is 0 Å². The average molecular weight is 360 g/mol. The number of carbonyl (C=O) groups is 1. The minimum Gasteiger partial charge on any atom is -0.361 e. The molecule has 25 heavy (non-hydrogen) atoms. The predicted molar refractivity (Wildman–Crippen MR) is 97.3 cm³/mol. The van der Waals surface area contributed by atoms with E-state index in [1.807, 2.05) is 30.0 Å². The van der Waals surface area contributed by atoms with Crippen molar-refractivity contribution in [2.24, 2.45) is 0 Å². The molecule has 3 rings (SSSR count). The first kappa shape index (κ1) is 17.2. The van der Waals surface area contributed by atoms with Crippen molar-refractivity contribution in [2.45, 2.75) is 13.0 Å². The number of piperazine rings is 1. The molecule has 1 aliphatic rings. The van der Waals surface area contributed by atoms with E-state index in [1.54, 1.807) is 29.2 Å². The molecule has 0 N–H and O–H groups in total. The Bertz CT molecular complexity index is 797. The van der Waals surface area contributed by atoms with Gasteiger partial charge in [-0.1, -0.05) is 35.9 Å². The number of rotatable bonds is 3. The van der Waals surface area contributed by atoms with Crippen LogP contribution in [0.2, 0.25) is 5.02 Å². The zero-order chi connectivity index (χ0) is 18.0. The van der Waals surface area contributed by atoms with E-state index in [-0.39, 0.29) is 17.6 Å². The van der Waals surface area contributed by atoms with E-state index in [1.165, 1.54) is 6.07 Å². The van der Waals surface area contributed by atoms with Crippen LogP contribution in [0.15, 0.2) is 48.5 Å². The first-order valence-electron chi connectivity index (χ1n) is 8.03. The summed E-state index contributed by atoms with van der Waals surface area (Å²) >= 11 is 6.22. The van der Waals surface area contributed by atoms with Crippen LogP contribution in [0.3, 0.4) is 0 Å². The molecule has 1 amide bonds. The first-order chi connectivity index (χ1) is 12.0. The second-order valence-electron chi connectivity index (χ2n) is 6.02. The fraction of sp³-hybridized carbons (Fsp3) is 0.278. The van der Waals surface area contributed by atoms with Crippen LogP contribution >= 0.6 is 11.6 Å². The standard InChI is InChI=1S/C18H18ClN3O3/c1-13-12-20(17-15(19)8-5-9-16(17)22(24)25)10-11-21(13)18(23)14-6-3-2-4-7-14/h2-9,13H,10-12H2,1H3/t13-/m0/s1. The molecule has 0 unspecified atom stereocenters. The summed E-state index contributed by atoms with van der Waals surface area (Å²) < 4.78 is 0. The third-order valence-electron chi connectivity index (χ3n) is 4.39. The molecule has 0 bridgehead atoms. The lowest BCUT2D eigenvalue weighted by Gasteiger charge is -2.41. The van der Waals surface area contributed by atoms with Gasteiger partial charge in [0.2, 0.25) is 0 Å². The summed E-state index contributed by atoms with van der Waals surface area (Å²) in [5.74, 6) is -0.0265. The summed E-state index contributed by atoms with van der Waals surface area (Å²) in [5, 5.41) is 11.7. The number of nitro benzene ring substituents is 1. The van der Waals surface area contributed by atoms with E-state index in [4.69, 9.17) is 11.6 Å². The van der Waals surface area contributed by atoms with Gasteiger partial charge in [0.15, 0.2) is 0 Å². The normalized spacial score (nSPS) is 17.4. The molecule has 1 fully saturated rings. The SMILES string of the molecule is C[C@H]1CN(c2c(Cl)cccc2[N+](=O)[O-])CCN1C(=O)c1ccccc1. The molecule has 0 radical (unpaired) electrons. The second kappa shape index (κ2) is 7.11. The van der Waals surface area contributed by atoms with Crippen LogP contribution in [-0.4, -0.2) is 41.4 Å². The summed E-state index contributed by atoms with van der Waals surface area (Å²) in [7, 11) is 0. The number of hydrogen-bond acceptors (Lipinski definition) is 4. The van der Waals surface area contributed by atoms with Gasteiger partial charge in [-0.3, -0.25) is 14.9 Å². The quantitative estimate of drug-likeness (QED) is 0.620. The van der Waals surface area contributed by atoms with E-state index < -0.39 is 4.92 Å². The fourth-order valence-corrected chi connectivity index (χ4v) is 3.46. The topological polar surface area (TPSA) is 66.7 Å².